The Labute approximate surface area is 304 Å². The van der Waals surface area contributed by atoms with Crippen LogP contribution in [0, 0.1) is 26.7 Å². The molecule has 4 N–H and O–H groups in total. The molecule has 50 heavy (non-hydrogen) atoms. The molecular formula is C47H62N2O. The Bertz CT molecular complexity index is 1640. The normalized spacial score (nSPS) is 12.7. The zero-order chi connectivity index (χ0) is 36.9. The van der Waals surface area contributed by atoms with Gasteiger partial charge < -0.3 is 11.5 Å². The molecule has 4 atom stereocenters. The van der Waals surface area contributed by atoms with Gasteiger partial charge in [-0.25, -0.2) is 0 Å². The second-order valence-electron chi connectivity index (χ2n) is 14.1. The highest BCUT2D eigenvalue weighted by atomic mass is 16.1. The van der Waals surface area contributed by atoms with Crippen molar-refractivity contribution in [3.63, 3.8) is 0 Å². The average molecular weight is 671 g/mol. The van der Waals surface area contributed by atoms with Crippen molar-refractivity contribution in [1.29, 1.82) is 0 Å². The lowest BCUT2D eigenvalue weighted by Gasteiger charge is -2.18. The second kappa shape index (κ2) is 23.2. The van der Waals surface area contributed by atoms with Gasteiger partial charge in [-0.05, 0) is 100 Å². The fraction of sp³-hybridized carbons (Fsp3) is 0.340. The fourth-order valence-electron chi connectivity index (χ4n) is 5.92. The number of hydrogen-bond donors (Lipinski definition) is 2. The van der Waals surface area contributed by atoms with Gasteiger partial charge in [0.05, 0.1) is 0 Å². The van der Waals surface area contributed by atoms with Gasteiger partial charge in [-0.1, -0.05) is 164 Å². The van der Waals surface area contributed by atoms with E-state index in [4.69, 9.17) is 11.5 Å². The predicted molar refractivity (Wildman–Crippen MR) is 217 cm³/mol. The number of benzene rings is 5. The van der Waals surface area contributed by atoms with Gasteiger partial charge in [0, 0.05) is 18.5 Å². The fourth-order valence-corrected chi connectivity index (χ4v) is 5.92. The molecule has 3 nitrogen and oxygen atoms in total. The van der Waals surface area contributed by atoms with E-state index in [9.17, 15) is 4.79 Å². The van der Waals surface area contributed by atoms with Gasteiger partial charge in [0.15, 0.2) is 0 Å². The minimum Gasteiger partial charge on any atom is -0.328 e. The molecule has 0 saturated carbocycles. The van der Waals surface area contributed by atoms with Crippen molar-refractivity contribution >= 4 is 5.78 Å². The number of hydrogen-bond acceptors (Lipinski definition) is 3. The maximum Gasteiger partial charge on any atom is 0.134 e. The molecule has 0 bridgehead atoms. The third kappa shape index (κ3) is 18.5. The molecule has 266 valence electrons. The van der Waals surface area contributed by atoms with Crippen molar-refractivity contribution in [3.05, 3.63) is 178 Å². The number of carbonyl (C=O) groups is 1. The van der Waals surface area contributed by atoms with Crippen LogP contribution in [-0.2, 0) is 24.1 Å². The summed E-state index contributed by atoms with van der Waals surface area (Å²) in [5, 5.41) is 0. The molecule has 0 aliphatic carbocycles. The number of nitrogens with two attached hydrogens (primary N) is 2. The summed E-state index contributed by atoms with van der Waals surface area (Å²) in [7, 11) is 0. The Balaban J connectivity index is 0.000000243. The van der Waals surface area contributed by atoms with E-state index in [2.05, 4.69) is 107 Å². The van der Waals surface area contributed by atoms with E-state index in [0.717, 1.165) is 17.9 Å². The van der Waals surface area contributed by atoms with E-state index in [1.807, 2.05) is 75.4 Å². The molecule has 3 heteroatoms. The molecule has 0 heterocycles. The van der Waals surface area contributed by atoms with Crippen molar-refractivity contribution in [2.24, 2.45) is 17.4 Å². The first-order valence-corrected chi connectivity index (χ1v) is 18.1. The van der Waals surface area contributed by atoms with Crippen LogP contribution in [-0.4, -0.2) is 11.8 Å². The molecule has 0 radical (unpaired) electrons. The number of aryl methyl sites for hydroxylation is 3. The van der Waals surface area contributed by atoms with Crippen LogP contribution in [0.5, 0.6) is 0 Å². The Kier molecular flexibility index (Phi) is 19.4. The molecule has 0 aliphatic rings. The molecule has 0 spiro atoms. The summed E-state index contributed by atoms with van der Waals surface area (Å²) in [6.07, 6.45) is 3.96. The van der Waals surface area contributed by atoms with Gasteiger partial charge in [0.25, 0.3) is 0 Å². The van der Waals surface area contributed by atoms with Gasteiger partial charge in [-0.3, -0.25) is 4.79 Å². The maximum absolute atomic E-state index is 10.7. The van der Waals surface area contributed by atoms with E-state index in [-0.39, 0.29) is 17.9 Å². The summed E-state index contributed by atoms with van der Waals surface area (Å²) in [6.45, 7) is 16.6. The Morgan fingerprint density at radius 3 is 1.36 bits per heavy atom. The van der Waals surface area contributed by atoms with Crippen molar-refractivity contribution < 1.29 is 4.79 Å². The van der Waals surface area contributed by atoms with Crippen molar-refractivity contribution in [3.8, 4) is 0 Å². The lowest BCUT2D eigenvalue weighted by molar-refractivity contribution is -0.116. The van der Waals surface area contributed by atoms with Gasteiger partial charge in [-0.2, -0.15) is 0 Å². The molecular weight excluding hydrogens is 609 g/mol. The largest absolute Gasteiger partial charge is 0.328 e. The summed E-state index contributed by atoms with van der Waals surface area (Å²) in [5.74, 6) is 1.58. The molecule has 5 rings (SSSR count). The van der Waals surface area contributed by atoms with Crippen LogP contribution >= 0.6 is 0 Å². The first-order valence-electron chi connectivity index (χ1n) is 18.1. The first kappa shape index (κ1) is 41.9. The smallest absolute Gasteiger partial charge is 0.134 e. The SMILES string of the molecule is CC(=O)Cc1cccc(C)c1.C[C@@H](N)c1ccccc1.Cc1cccc(C[C@@H](C)C[C@H](C)c2ccccc2)c1.Cc1cccc(C[C@@H](C)N)c1. The van der Waals surface area contributed by atoms with Gasteiger partial charge >= 0.3 is 0 Å². The molecule has 0 fully saturated rings. The molecule has 5 aromatic carbocycles. The Morgan fingerprint density at radius 2 is 0.960 bits per heavy atom. The molecule has 0 saturated heterocycles. The zero-order valence-electron chi connectivity index (χ0n) is 31.9. The molecule has 5 aromatic rings. The minimum atomic E-state index is 0.159. The van der Waals surface area contributed by atoms with Crippen molar-refractivity contribution in [2.45, 2.75) is 99.1 Å². The monoisotopic (exact) mass is 670 g/mol. The molecule has 0 aromatic heterocycles. The van der Waals surface area contributed by atoms with E-state index in [1.54, 1.807) is 6.92 Å². The van der Waals surface area contributed by atoms with E-state index < -0.39 is 0 Å². The molecule has 0 aliphatic heterocycles. The van der Waals surface area contributed by atoms with Gasteiger partial charge in [0.2, 0.25) is 0 Å². The van der Waals surface area contributed by atoms with E-state index in [0.29, 0.717) is 12.3 Å². The molecule has 0 amide bonds. The number of carbonyl (C=O) groups excluding carboxylic acids is 1. The lowest BCUT2D eigenvalue weighted by atomic mass is 9.87. The standard InChI is InChI=1S/C19H24.C10H15N.C10H12O.C8H11N/c1-15-8-7-9-18(13-15)14-16(2)12-17(3)19-10-5-4-6-11-19;2*1-8-4-3-5-10(6-8)7-9(2)11;1-7(9)8-5-3-2-4-6-8/h4-11,13,16-17H,12,14H2,1-3H3;3-6,9H,7,11H2,1-2H3;3-6H,7H2,1-2H3;2-7H,9H2,1H3/t16-,17-;9-;;7-/m01.1/s1. The van der Waals surface area contributed by atoms with Crippen LogP contribution in [0.4, 0.5) is 0 Å². The summed E-state index contributed by atoms with van der Waals surface area (Å²) >= 11 is 0. The highest BCUT2D eigenvalue weighted by Crippen LogP contribution is 2.25. The topological polar surface area (TPSA) is 69.1 Å². The highest BCUT2D eigenvalue weighted by molar-refractivity contribution is 5.78. The summed E-state index contributed by atoms with van der Waals surface area (Å²) in [6, 6.07) is 46.7. The van der Waals surface area contributed by atoms with Crippen LogP contribution < -0.4 is 11.5 Å². The van der Waals surface area contributed by atoms with Crippen LogP contribution in [0.25, 0.3) is 0 Å². The maximum atomic E-state index is 10.7. The van der Waals surface area contributed by atoms with E-state index >= 15 is 0 Å². The summed E-state index contributed by atoms with van der Waals surface area (Å²) in [5.41, 5.74) is 21.7. The first-order chi connectivity index (χ1) is 23.8. The quantitative estimate of drug-likeness (QED) is 0.155. The molecule has 0 unspecified atom stereocenters. The Hall–Kier alpha value is -4.31. The van der Waals surface area contributed by atoms with Crippen LogP contribution in [0.2, 0.25) is 0 Å². The van der Waals surface area contributed by atoms with Crippen LogP contribution in [0.1, 0.15) is 97.5 Å². The third-order valence-corrected chi connectivity index (χ3v) is 8.29. The number of rotatable bonds is 10. The van der Waals surface area contributed by atoms with Crippen molar-refractivity contribution in [1.82, 2.24) is 0 Å². The average Bonchev–Trinajstić information content (AvgIpc) is 3.06. The van der Waals surface area contributed by atoms with Crippen molar-refractivity contribution in [2.75, 3.05) is 0 Å². The van der Waals surface area contributed by atoms with Crippen LogP contribution in [0.3, 0.4) is 0 Å². The van der Waals surface area contributed by atoms with Gasteiger partial charge in [0.1, 0.15) is 5.78 Å². The third-order valence-electron chi connectivity index (χ3n) is 8.29. The summed E-state index contributed by atoms with van der Waals surface area (Å²) in [4.78, 5) is 10.7. The van der Waals surface area contributed by atoms with E-state index in [1.165, 1.54) is 51.8 Å². The second-order valence-corrected chi connectivity index (χ2v) is 14.1. The lowest BCUT2D eigenvalue weighted by Crippen LogP contribution is -2.17. The minimum absolute atomic E-state index is 0.159. The number of Topliss-reactive ketones (excluding diaryl/α,β-unsaturated/α-hetero) is 1. The highest BCUT2D eigenvalue weighted by Gasteiger charge is 2.11. The van der Waals surface area contributed by atoms with Gasteiger partial charge in [-0.15, -0.1) is 0 Å². The summed E-state index contributed by atoms with van der Waals surface area (Å²) < 4.78 is 0. The zero-order valence-corrected chi connectivity index (χ0v) is 31.9. The number of ketones is 1. The van der Waals surface area contributed by atoms with Crippen LogP contribution in [0.15, 0.2) is 133 Å². The Morgan fingerprint density at radius 1 is 0.540 bits per heavy atom. The predicted octanol–water partition coefficient (Wildman–Crippen LogP) is 11.1.